The van der Waals surface area contributed by atoms with Gasteiger partial charge < -0.3 is 5.32 Å². The molecule has 106 valence electrons. The summed E-state index contributed by atoms with van der Waals surface area (Å²) >= 11 is 3.40. The van der Waals surface area contributed by atoms with Crippen LogP contribution < -0.4 is 5.32 Å². The number of hydrogen-bond acceptors (Lipinski definition) is 1. The largest absolute Gasteiger partial charge is 0.306 e. The second-order valence-corrected chi connectivity index (χ2v) is 5.48. The highest BCUT2D eigenvalue weighted by Crippen LogP contribution is 2.32. The van der Waals surface area contributed by atoms with Gasteiger partial charge in [0.05, 0.1) is 6.04 Å². The third-order valence-corrected chi connectivity index (χ3v) is 3.93. The highest BCUT2D eigenvalue weighted by Gasteiger charge is 2.21. The van der Waals surface area contributed by atoms with E-state index in [-0.39, 0.29) is 17.7 Å². The maximum atomic E-state index is 14.2. The molecule has 0 fully saturated rings. The molecule has 0 aliphatic heterocycles. The normalized spacial score (nSPS) is 12.4. The van der Waals surface area contributed by atoms with Crippen molar-refractivity contribution in [3.8, 4) is 0 Å². The minimum Gasteiger partial charge on any atom is -0.306 e. The zero-order chi connectivity index (χ0) is 14.7. The summed E-state index contributed by atoms with van der Waals surface area (Å²) in [5, 5.41) is 3.26. The first-order valence-electron chi connectivity index (χ1n) is 6.48. The van der Waals surface area contributed by atoms with Crippen molar-refractivity contribution in [3.05, 3.63) is 69.2 Å². The minimum absolute atomic E-state index is 0.283. The van der Waals surface area contributed by atoms with Crippen molar-refractivity contribution in [2.24, 2.45) is 0 Å². The molecule has 0 bridgehead atoms. The Labute approximate surface area is 126 Å². The lowest BCUT2D eigenvalue weighted by Gasteiger charge is -2.22. The first-order valence-corrected chi connectivity index (χ1v) is 7.27. The van der Waals surface area contributed by atoms with E-state index in [1.165, 1.54) is 18.2 Å². The van der Waals surface area contributed by atoms with E-state index in [2.05, 4.69) is 21.2 Å². The molecule has 2 aromatic rings. The van der Waals surface area contributed by atoms with Gasteiger partial charge >= 0.3 is 0 Å². The SMILES string of the molecule is CCNC(c1ccc(F)cc1C)c1c(F)cccc1Br. The third kappa shape index (κ3) is 3.07. The molecule has 4 heteroatoms. The molecule has 0 saturated heterocycles. The van der Waals surface area contributed by atoms with Crippen LogP contribution in [0.15, 0.2) is 40.9 Å². The van der Waals surface area contributed by atoms with Crippen molar-refractivity contribution in [3.63, 3.8) is 0 Å². The molecule has 2 aromatic carbocycles. The summed E-state index contributed by atoms with van der Waals surface area (Å²) in [7, 11) is 0. The molecule has 1 nitrogen and oxygen atoms in total. The van der Waals surface area contributed by atoms with Crippen molar-refractivity contribution in [1.82, 2.24) is 5.32 Å². The van der Waals surface area contributed by atoms with Crippen molar-refractivity contribution >= 4 is 15.9 Å². The molecule has 0 aliphatic carbocycles. The van der Waals surface area contributed by atoms with E-state index < -0.39 is 0 Å². The molecule has 1 unspecified atom stereocenters. The first-order chi connectivity index (χ1) is 9.54. The van der Waals surface area contributed by atoms with Crippen molar-refractivity contribution in [2.45, 2.75) is 19.9 Å². The molecule has 0 saturated carbocycles. The van der Waals surface area contributed by atoms with Crippen molar-refractivity contribution in [2.75, 3.05) is 6.54 Å². The second-order valence-electron chi connectivity index (χ2n) is 4.63. The van der Waals surface area contributed by atoms with Crippen LogP contribution in [0.1, 0.15) is 29.7 Å². The fourth-order valence-corrected chi connectivity index (χ4v) is 2.89. The molecular formula is C16H16BrF2N. The van der Waals surface area contributed by atoms with Crippen molar-refractivity contribution in [1.29, 1.82) is 0 Å². The predicted octanol–water partition coefficient (Wildman–Crippen LogP) is 4.73. The van der Waals surface area contributed by atoms with Crippen LogP contribution in [0.25, 0.3) is 0 Å². The van der Waals surface area contributed by atoms with Gasteiger partial charge in [0.15, 0.2) is 0 Å². The van der Waals surface area contributed by atoms with Crippen LogP contribution in [-0.2, 0) is 0 Å². The van der Waals surface area contributed by atoms with Crippen LogP contribution in [0.5, 0.6) is 0 Å². The summed E-state index contributed by atoms with van der Waals surface area (Å²) in [6.07, 6.45) is 0. The standard InChI is InChI=1S/C16H16BrF2N/c1-3-20-16(12-8-7-11(18)9-10(12)2)15-13(17)5-4-6-14(15)19/h4-9,16,20H,3H2,1-2H3. The molecule has 0 aliphatic rings. The maximum Gasteiger partial charge on any atom is 0.129 e. The topological polar surface area (TPSA) is 12.0 Å². The van der Waals surface area contributed by atoms with E-state index >= 15 is 0 Å². The van der Waals surface area contributed by atoms with Gasteiger partial charge in [0.1, 0.15) is 11.6 Å². The average molecular weight is 340 g/mol. The van der Waals surface area contributed by atoms with Gasteiger partial charge in [-0.05, 0) is 48.9 Å². The highest BCUT2D eigenvalue weighted by molar-refractivity contribution is 9.10. The van der Waals surface area contributed by atoms with Crippen LogP contribution in [0, 0.1) is 18.6 Å². The lowest BCUT2D eigenvalue weighted by Crippen LogP contribution is -2.24. The Morgan fingerprint density at radius 3 is 2.55 bits per heavy atom. The second kappa shape index (κ2) is 6.46. The summed E-state index contributed by atoms with van der Waals surface area (Å²) in [6.45, 7) is 4.47. The van der Waals surface area contributed by atoms with Gasteiger partial charge in [-0.2, -0.15) is 0 Å². The number of hydrogen-bond donors (Lipinski definition) is 1. The molecular weight excluding hydrogens is 324 g/mol. The Morgan fingerprint density at radius 1 is 1.20 bits per heavy atom. The van der Waals surface area contributed by atoms with Gasteiger partial charge in [-0.3, -0.25) is 0 Å². The molecule has 20 heavy (non-hydrogen) atoms. The molecule has 0 aromatic heterocycles. The molecule has 0 amide bonds. The first kappa shape index (κ1) is 15.1. The summed E-state index contributed by atoms with van der Waals surface area (Å²) in [5.41, 5.74) is 2.22. The number of rotatable bonds is 4. The van der Waals surface area contributed by atoms with Gasteiger partial charge in [-0.25, -0.2) is 8.78 Å². The van der Waals surface area contributed by atoms with Gasteiger partial charge in [-0.15, -0.1) is 0 Å². The Morgan fingerprint density at radius 2 is 1.95 bits per heavy atom. The third-order valence-electron chi connectivity index (χ3n) is 3.24. The van der Waals surface area contributed by atoms with Crippen LogP contribution in [-0.4, -0.2) is 6.54 Å². The number of benzene rings is 2. The van der Waals surface area contributed by atoms with Crippen LogP contribution in [0.2, 0.25) is 0 Å². The van der Waals surface area contributed by atoms with Crippen LogP contribution in [0.4, 0.5) is 8.78 Å². The lowest BCUT2D eigenvalue weighted by atomic mass is 9.94. The zero-order valence-electron chi connectivity index (χ0n) is 11.4. The van der Waals surface area contributed by atoms with E-state index in [0.717, 1.165) is 11.1 Å². The summed E-state index contributed by atoms with van der Waals surface area (Å²) in [4.78, 5) is 0. The summed E-state index contributed by atoms with van der Waals surface area (Å²) in [6, 6.07) is 9.16. The van der Waals surface area contributed by atoms with E-state index in [1.807, 2.05) is 19.9 Å². The molecule has 2 rings (SSSR count). The maximum absolute atomic E-state index is 14.2. The van der Waals surface area contributed by atoms with E-state index in [1.54, 1.807) is 12.1 Å². The zero-order valence-corrected chi connectivity index (χ0v) is 13.0. The predicted molar refractivity (Wildman–Crippen MR) is 80.8 cm³/mol. The number of nitrogens with one attached hydrogen (secondary N) is 1. The van der Waals surface area contributed by atoms with Gasteiger partial charge in [-0.1, -0.05) is 35.0 Å². The fourth-order valence-electron chi connectivity index (χ4n) is 2.32. The van der Waals surface area contributed by atoms with E-state index in [0.29, 0.717) is 16.6 Å². The average Bonchev–Trinajstić information content (AvgIpc) is 2.38. The monoisotopic (exact) mass is 339 g/mol. The van der Waals surface area contributed by atoms with E-state index in [4.69, 9.17) is 0 Å². The van der Waals surface area contributed by atoms with Crippen molar-refractivity contribution < 1.29 is 8.78 Å². The summed E-state index contributed by atoms with van der Waals surface area (Å²) in [5.74, 6) is -0.567. The number of halogens is 3. The lowest BCUT2D eigenvalue weighted by molar-refractivity contribution is 0.554. The van der Waals surface area contributed by atoms with Gasteiger partial charge in [0, 0.05) is 10.0 Å². The molecule has 0 spiro atoms. The Kier molecular flexibility index (Phi) is 4.89. The summed E-state index contributed by atoms with van der Waals surface area (Å²) < 4.78 is 28.1. The van der Waals surface area contributed by atoms with E-state index in [9.17, 15) is 8.78 Å². The Hall–Kier alpha value is -1.26. The minimum atomic E-state index is -0.309. The fraction of sp³-hybridized carbons (Fsp3) is 0.250. The quantitative estimate of drug-likeness (QED) is 0.848. The highest BCUT2D eigenvalue weighted by atomic mass is 79.9. The molecule has 0 radical (unpaired) electrons. The smallest absolute Gasteiger partial charge is 0.129 e. The van der Waals surface area contributed by atoms with Gasteiger partial charge in [0.25, 0.3) is 0 Å². The Bertz CT molecular complexity index is 593. The molecule has 1 atom stereocenters. The van der Waals surface area contributed by atoms with Crippen LogP contribution in [0.3, 0.4) is 0 Å². The molecule has 1 N–H and O–H groups in total. The number of aryl methyl sites for hydroxylation is 1. The molecule has 0 heterocycles. The Balaban J connectivity index is 2.56. The van der Waals surface area contributed by atoms with Gasteiger partial charge in [0.2, 0.25) is 0 Å². The van der Waals surface area contributed by atoms with Crippen LogP contribution >= 0.6 is 15.9 Å².